The second-order valence-electron chi connectivity index (χ2n) is 18.5. The molecule has 384 valence electrons. The summed E-state index contributed by atoms with van der Waals surface area (Å²) in [4.78, 5) is 38.1. The first-order chi connectivity index (χ1) is 33.0. The van der Waals surface area contributed by atoms with E-state index >= 15 is 0 Å². The number of allylic oxidation sites excluding steroid dienone is 14. The van der Waals surface area contributed by atoms with Crippen molar-refractivity contribution in [3.05, 3.63) is 85.1 Å². The van der Waals surface area contributed by atoms with Gasteiger partial charge in [-0.1, -0.05) is 215 Å². The highest BCUT2D eigenvalue weighted by atomic mass is 16.6. The number of hydrogen-bond acceptors (Lipinski definition) is 6. The molecule has 1 unspecified atom stereocenters. The second kappa shape index (κ2) is 55.2. The maximum Gasteiger partial charge on any atom is 0.306 e. The van der Waals surface area contributed by atoms with Gasteiger partial charge in [-0.25, -0.2) is 0 Å². The van der Waals surface area contributed by atoms with Gasteiger partial charge in [0.1, 0.15) is 13.2 Å². The van der Waals surface area contributed by atoms with Crippen molar-refractivity contribution in [1.82, 2.24) is 0 Å². The zero-order valence-electron chi connectivity index (χ0n) is 43.9. The third-order valence-electron chi connectivity index (χ3n) is 11.9. The molecule has 0 bridgehead atoms. The number of ether oxygens (including phenoxy) is 3. The van der Waals surface area contributed by atoms with Gasteiger partial charge in [-0.2, -0.15) is 0 Å². The van der Waals surface area contributed by atoms with E-state index in [9.17, 15) is 14.4 Å². The molecule has 0 aliphatic heterocycles. The van der Waals surface area contributed by atoms with E-state index in [4.69, 9.17) is 14.2 Å². The molecular weight excluding hydrogens is 829 g/mol. The molecule has 0 radical (unpaired) electrons. The van der Waals surface area contributed by atoms with Crippen LogP contribution in [-0.2, 0) is 28.6 Å². The molecule has 0 heterocycles. The summed E-state index contributed by atoms with van der Waals surface area (Å²) in [7, 11) is 0. The molecule has 0 spiro atoms. The first-order valence-electron chi connectivity index (χ1n) is 28.1. The first kappa shape index (κ1) is 63.6. The minimum atomic E-state index is -0.795. The highest BCUT2D eigenvalue weighted by Gasteiger charge is 2.19. The summed E-state index contributed by atoms with van der Waals surface area (Å²) in [5.74, 6) is -0.924. The fourth-order valence-corrected chi connectivity index (χ4v) is 7.63. The Morgan fingerprint density at radius 3 is 0.955 bits per heavy atom. The van der Waals surface area contributed by atoms with Crippen molar-refractivity contribution in [3.63, 3.8) is 0 Å². The Morgan fingerprint density at radius 1 is 0.313 bits per heavy atom. The van der Waals surface area contributed by atoms with Gasteiger partial charge in [0.25, 0.3) is 0 Å². The van der Waals surface area contributed by atoms with Crippen molar-refractivity contribution in [3.8, 4) is 0 Å². The molecule has 0 aromatic heterocycles. The van der Waals surface area contributed by atoms with Gasteiger partial charge in [0.05, 0.1) is 0 Å². The highest BCUT2D eigenvalue weighted by molar-refractivity contribution is 5.71. The monoisotopic (exact) mass is 933 g/mol. The van der Waals surface area contributed by atoms with Crippen molar-refractivity contribution < 1.29 is 28.6 Å². The summed E-state index contributed by atoms with van der Waals surface area (Å²) in [6.45, 7) is 6.46. The molecule has 0 saturated heterocycles. The van der Waals surface area contributed by atoms with Crippen molar-refractivity contribution >= 4 is 17.9 Å². The van der Waals surface area contributed by atoms with E-state index < -0.39 is 6.10 Å². The SMILES string of the molecule is CC/C=C\C/C=C\C/C=C\C/C=C\CCCCCCC(=O)OC(COC(=O)CCCCCCC/C=C\CCCCCC)COC(=O)CCCCCCCCCCC/C=C\C/C=C\CCCCC. The van der Waals surface area contributed by atoms with Gasteiger partial charge >= 0.3 is 17.9 Å². The summed E-state index contributed by atoms with van der Waals surface area (Å²) in [6, 6.07) is 0. The zero-order valence-corrected chi connectivity index (χ0v) is 43.9. The number of carbonyl (C=O) groups is 3. The summed E-state index contributed by atoms with van der Waals surface area (Å²) in [6.07, 6.45) is 71.4. The number of rotatable bonds is 50. The van der Waals surface area contributed by atoms with Crippen LogP contribution in [0.4, 0.5) is 0 Å². The lowest BCUT2D eigenvalue weighted by molar-refractivity contribution is -0.167. The van der Waals surface area contributed by atoms with Crippen LogP contribution in [0.15, 0.2) is 85.1 Å². The summed E-state index contributed by atoms with van der Waals surface area (Å²) >= 11 is 0. The second-order valence-corrected chi connectivity index (χ2v) is 18.5. The Kier molecular flexibility index (Phi) is 52.4. The molecule has 0 amide bonds. The van der Waals surface area contributed by atoms with Crippen LogP contribution in [0.5, 0.6) is 0 Å². The number of unbranched alkanes of at least 4 members (excludes halogenated alkanes) is 25. The Morgan fingerprint density at radius 2 is 0.582 bits per heavy atom. The maximum atomic E-state index is 12.8. The fraction of sp³-hybridized carbons (Fsp3) is 0.721. The van der Waals surface area contributed by atoms with Gasteiger partial charge in [-0.3, -0.25) is 14.4 Å². The van der Waals surface area contributed by atoms with E-state index in [2.05, 4.69) is 106 Å². The van der Waals surface area contributed by atoms with Crippen molar-refractivity contribution in [2.45, 2.75) is 271 Å². The van der Waals surface area contributed by atoms with Crippen LogP contribution in [0, 0.1) is 0 Å². The number of carbonyl (C=O) groups excluding carboxylic acids is 3. The molecule has 6 heteroatoms. The average molecular weight is 933 g/mol. The van der Waals surface area contributed by atoms with Crippen LogP contribution in [0.2, 0.25) is 0 Å². The largest absolute Gasteiger partial charge is 0.462 e. The quantitative estimate of drug-likeness (QED) is 0.0262. The van der Waals surface area contributed by atoms with Crippen LogP contribution in [0.25, 0.3) is 0 Å². The predicted molar refractivity (Wildman–Crippen MR) is 288 cm³/mol. The highest BCUT2D eigenvalue weighted by Crippen LogP contribution is 2.14. The van der Waals surface area contributed by atoms with Gasteiger partial charge in [0, 0.05) is 19.3 Å². The Balaban J connectivity index is 4.42. The molecule has 0 aliphatic carbocycles. The third-order valence-corrected chi connectivity index (χ3v) is 11.9. The van der Waals surface area contributed by atoms with Gasteiger partial charge < -0.3 is 14.2 Å². The van der Waals surface area contributed by atoms with Crippen molar-refractivity contribution in [1.29, 1.82) is 0 Å². The maximum absolute atomic E-state index is 12.8. The van der Waals surface area contributed by atoms with Gasteiger partial charge in [0.2, 0.25) is 0 Å². The molecule has 6 nitrogen and oxygen atoms in total. The van der Waals surface area contributed by atoms with E-state index in [1.54, 1.807) is 0 Å². The van der Waals surface area contributed by atoms with E-state index in [-0.39, 0.29) is 31.1 Å². The summed E-state index contributed by atoms with van der Waals surface area (Å²) < 4.78 is 16.8. The van der Waals surface area contributed by atoms with Gasteiger partial charge in [0.15, 0.2) is 6.10 Å². The standard InChI is InChI=1S/C61H104O6/c1-4-7-10-13-16-19-22-25-27-29-30-32-33-36-39-42-45-48-51-54-60(63)66-57-58(56-65-59(62)53-50-47-44-41-38-35-24-21-18-15-12-9-6-3)67-61(64)55-52-49-46-43-40-37-34-31-28-26-23-20-17-14-11-8-5-2/h8,11,16-17,19-21,24-28,34,37,58H,4-7,9-10,12-15,18,22-23,29-33,35-36,38-57H2,1-3H3/b11-8-,19-16-,20-17-,24-21-,27-25-,28-26-,37-34-. The van der Waals surface area contributed by atoms with E-state index in [1.807, 2.05) is 0 Å². The number of esters is 3. The van der Waals surface area contributed by atoms with Gasteiger partial charge in [-0.05, 0) is 116 Å². The van der Waals surface area contributed by atoms with E-state index in [1.165, 1.54) is 116 Å². The minimum Gasteiger partial charge on any atom is -0.462 e. The molecular formula is C61H104O6. The van der Waals surface area contributed by atoms with Crippen LogP contribution < -0.4 is 0 Å². The molecule has 0 saturated carbocycles. The third kappa shape index (κ3) is 53.4. The average Bonchev–Trinajstić information content (AvgIpc) is 3.33. The molecule has 67 heavy (non-hydrogen) atoms. The molecule has 0 N–H and O–H groups in total. The zero-order chi connectivity index (χ0) is 48.6. The predicted octanol–water partition coefficient (Wildman–Crippen LogP) is 18.8. The summed E-state index contributed by atoms with van der Waals surface area (Å²) in [5, 5.41) is 0. The number of hydrogen-bond donors (Lipinski definition) is 0. The van der Waals surface area contributed by atoms with Gasteiger partial charge in [-0.15, -0.1) is 0 Å². The lowest BCUT2D eigenvalue weighted by Gasteiger charge is -2.18. The summed E-state index contributed by atoms with van der Waals surface area (Å²) in [5.41, 5.74) is 0. The molecule has 0 aromatic carbocycles. The van der Waals surface area contributed by atoms with Crippen LogP contribution in [0.3, 0.4) is 0 Å². The van der Waals surface area contributed by atoms with E-state index in [0.717, 1.165) is 109 Å². The molecule has 0 fully saturated rings. The van der Waals surface area contributed by atoms with E-state index in [0.29, 0.717) is 19.3 Å². The minimum absolute atomic E-state index is 0.0914. The lowest BCUT2D eigenvalue weighted by Crippen LogP contribution is -2.30. The van der Waals surface area contributed by atoms with Crippen molar-refractivity contribution in [2.24, 2.45) is 0 Å². The molecule has 1 atom stereocenters. The van der Waals surface area contributed by atoms with Crippen LogP contribution in [0.1, 0.15) is 265 Å². The Bertz CT molecular complexity index is 1300. The molecule has 0 rings (SSSR count). The van der Waals surface area contributed by atoms with Crippen LogP contribution >= 0.6 is 0 Å². The van der Waals surface area contributed by atoms with Crippen LogP contribution in [-0.4, -0.2) is 37.2 Å². The Labute approximate surface area is 414 Å². The first-order valence-corrected chi connectivity index (χ1v) is 28.1. The smallest absolute Gasteiger partial charge is 0.306 e. The molecule has 0 aromatic rings. The Hall–Kier alpha value is -3.41. The lowest BCUT2D eigenvalue weighted by atomic mass is 10.1. The topological polar surface area (TPSA) is 78.9 Å². The fourth-order valence-electron chi connectivity index (χ4n) is 7.63. The van der Waals surface area contributed by atoms with Crippen molar-refractivity contribution in [2.75, 3.05) is 13.2 Å². The normalized spacial score (nSPS) is 12.7. The molecule has 0 aliphatic rings.